The molecule has 1 aliphatic rings. The first-order valence-electron chi connectivity index (χ1n) is 7.24. The minimum atomic E-state index is 0.122. The zero-order valence-electron chi connectivity index (χ0n) is 12.6. The molecule has 112 valence electrons. The van der Waals surface area contributed by atoms with Crippen LogP contribution in [-0.2, 0) is 21.1 Å². The van der Waals surface area contributed by atoms with Gasteiger partial charge in [0.05, 0.1) is 6.10 Å². The molecule has 2 heterocycles. The molecule has 1 saturated heterocycles. The van der Waals surface area contributed by atoms with Crippen molar-refractivity contribution in [3.8, 4) is 11.6 Å². The van der Waals surface area contributed by atoms with Crippen LogP contribution in [0.5, 0.6) is 11.6 Å². The van der Waals surface area contributed by atoms with Crippen LogP contribution in [-0.4, -0.2) is 11.1 Å². The first-order chi connectivity index (χ1) is 10.8. The van der Waals surface area contributed by atoms with Gasteiger partial charge in [-0.05, 0) is 30.7 Å². The molecular weight excluding hydrogens is 395 g/mol. The molecule has 1 aromatic heterocycles. The first kappa shape index (κ1) is 17.6. The molecule has 0 unspecified atom stereocenters. The molecule has 0 bridgehead atoms. The van der Waals surface area contributed by atoms with Gasteiger partial charge in [0.2, 0.25) is 5.88 Å². The number of benzene rings is 1. The second-order valence-corrected chi connectivity index (χ2v) is 5.04. The Bertz CT molecular complexity index is 550. The topological polar surface area (TPSA) is 31.4 Å². The van der Waals surface area contributed by atoms with Crippen molar-refractivity contribution < 1.29 is 25.8 Å². The third-order valence-corrected chi connectivity index (χ3v) is 3.37. The molecule has 1 aromatic carbocycles. The van der Waals surface area contributed by atoms with Crippen molar-refractivity contribution in [3.63, 3.8) is 0 Å². The molecule has 0 amide bonds. The maximum absolute atomic E-state index is 5.92. The fourth-order valence-electron chi connectivity index (χ4n) is 2.34. The van der Waals surface area contributed by atoms with Gasteiger partial charge in [0.25, 0.3) is 0 Å². The summed E-state index contributed by atoms with van der Waals surface area (Å²) >= 11 is 4.25. The third kappa shape index (κ3) is 5.15. The van der Waals surface area contributed by atoms with E-state index in [0.717, 1.165) is 24.2 Å². The second kappa shape index (κ2) is 9.39. The van der Waals surface area contributed by atoms with Crippen LogP contribution in [0.4, 0.5) is 0 Å². The van der Waals surface area contributed by atoms with Crippen LogP contribution in [0.15, 0.2) is 48.7 Å². The SMILES string of the molecule is C[C@@H]1C[CH-]C[C@H](c2ccc(Oc3ccccc3)nc2)O1.[Zn+][Br]. The Morgan fingerprint density at radius 1 is 1.18 bits per heavy atom. The van der Waals surface area contributed by atoms with Crippen molar-refractivity contribution in [2.45, 2.75) is 32.0 Å². The third-order valence-electron chi connectivity index (χ3n) is 3.37. The Morgan fingerprint density at radius 2 is 1.95 bits per heavy atom. The number of nitrogens with zero attached hydrogens (tertiary/aromatic N) is 1. The van der Waals surface area contributed by atoms with Crippen LogP contribution in [0.1, 0.15) is 31.4 Å². The number of rotatable bonds is 3. The van der Waals surface area contributed by atoms with E-state index in [-0.39, 0.29) is 12.2 Å². The molecule has 3 nitrogen and oxygen atoms in total. The molecule has 1 aliphatic heterocycles. The number of aromatic nitrogens is 1. The summed E-state index contributed by atoms with van der Waals surface area (Å²) in [6.45, 7) is 2.10. The predicted molar refractivity (Wildman–Crippen MR) is 86.5 cm³/mol. The van der Waals surface area contributed by atoms with Gasteiger partial charge >= 0.3 is 30.0 Å². The van der Waals surface area contributed by atoms with Gasteiger partial charge in [-0.3, -0.25) is 0 Å². The van der Waals surface area contributed by atoms with Gasteiger partial charge < -0.3 is 15.9 Å². The minimum absolute atomic E-state index is 0.122. The molecule has 1 fully saturated rings. The molecule has 2 aromatic rings. The van der Waals surface area contributed by atoms with Crippen LogP contribution in [0.25, 0.3) is 0 Å². The summed E-state index contributed by atoms with van der Waals surface area (Å²) in [7, 11) is 0. The summed E-state index contributed by atoms with van der Waals surface area (Å²) in [5.41, 5.74) is 1.10. The summed E-state index contributed by atoms with van der Waals surface area (Å²) in [5, 5.41) is 0. The Labute approximate surface area is 148 Å². The summed E-state index contributed by atoms with van der Waals surface area (Å²) in [5.74, 6) is 1.40. The van der Waals surface area contributed by atoms with Crippen LogP contribution in [0, 0.1) is 6.42 Å². The van der Waals surface area contributed by atoms with Gasteiger partial charge in [0.15, 0.2) is 0 Å². The molecule has 0 N–H and O–H groups in total. The number of halogens is 1. The van der Waals surface area contributed by atoms with Crippen LogP contribution >= 0.6 is 13.6 Å². The fraction of sp³-hybridized carbons (Fsp3) is 0.294. The molecule has 0 saturated carbocycles. The number of hydrogen-bond donors (Lipinski definition) is 0. The van der Waals surface area contributed by atoms with Gasteiger partial charge in [-0.1, -0.05) is 18.2 Å². The molecule has 2 atom stereocenters. The molecule has 0 spiro atoms. The monoisotopic (exact) mass is 411 g/mol. The van der Waals surface area contributed by atoms with E-state index in [1.54, 1.807) is 0 Å². The Balaban J connectivity index is 0.000000847. The van der Waals surface area contributed by atoms with Crippen LogP contribution < -0.4 is 4.74 Å². The van der Waals surface area contributed by atoms with Crippen molar-refractivity contribution in [2.75, 3.05) is 0 Å². The average molecular weight is 414 g/mol. The Morgan fingerprint density at radius 3 is 2.59 bits per heavy atom. The van der Waals surface area contributed by atoms with E-state index < -0.39 is 0 Å². The molecule has 5 heteroatoms. The van der Waals surface area contributed by atoms with Gasteiger partial charge in [0, 0.05) is 18.4 Å². The fourth-order valence-corrected chi connectivity index (χ4v) is 2.34. The zero-order chi connectivity index (χ0) is 15.8. The van der Waals surface area contributed by atoms with Gasteiger partial charge in [-0.15, -0.1) is 6.42 Å². The molecule has 0 radical (unpaired) electrons. The van der Waals surface area contributed by atoms with Crippen LogP contribution in [0.3, 0.4) is 0 Å². The second-order valence-electron chi connectivity index (χ2n) is 5.04. The van der Waals surface area contributed by atoms with Gasteiger partial charge in [-0.2, -0.15) is 6.42 Å². The van der Waals surface area contributed by atoms with Gasteiger partial charge in [-0.25, -0.2) is 4.98 Å². The zero-order valence-corrected chi connectivity index (χ0v) is 17.2. The van der Waals surface area contributed by atoms with E-state index in [4.69, 9.17) is 9.47 Å². The summed E-state index contributed by atoms with van der Waals surface area (Å²) in [6, 6.07) is 13.6. The number of hydrogen-bond acceptors (Lipinski definition) is 3. The van der Waals surface area contributed by atoms with Crippen LogP contribution in [0.2, 0.25) is 0 Å². The molecule has 3 rings (SSSR count). The van der Waals surface area contributed by atoms with E-state index in [2.05, 4.69) is 32.0 Å². The van der Waals surface area contributed by atoms with E-state index >= 15 is 0 Å². The van der Waals surface area contributed by atoms with Gasteiger partial charge in [0.1, 0.15) is 5.75 Å². The van der Waals surface area contributed by atoms with E-state index in [1.165, 1.54) is 16.3 Å². The summed E-state index contributed by atoms with van der Waals surface area (Å²) in [4.78, 5) is 4.36. The quantitative estimate of drug-likeness (QED) is 0.514. The molecule has 0 aliphatic carbocycles. The van der Waals surface area contributed by atoms with E-state index in [0.29, 0.717) is 5.88 Å². The average Bonchev–Trinajstić information content (AvgIpc) is 2.58. The first-order valence-corrected chi connectivity index (χ1v) is 14.2. The van der Waals surface area contributed by atoms with E-state index in [1.807, 2.05) is 48.7 Å². The predicted octanol–water partition coefficient (Wildman–Crippen LogP) is 5.16. The number of pyridine rings is 1. The van der Waals surface area contributed by atoms with Crippen molar-refractivity contribution in [1.82, 2.24) is 4.98 Å². The van der Waals surface area contributed by atoms with Crippen molar-refractivity contribution in [1.29, 1.82) is 0 Å². The van der Waals surface area contributed by atoms with Crippen molar-refractivity contribution in [3.05, 3.63) is 60.6 Å². The summed E-state index contributed by atoms with van der Waals surface area (Å²) in [6.07, 6.45) is 6.51. The molecule has 22 heavy (non-hydrogen) atoms. The number of para-hydroxylation sites is 1. The summed E-state index contributed by atoms with van der Waals surface area (Å²) < 4.78 is 11.6. The van der Waals surface area contributed by atoms with E-state index in [9.17, 15) is 0 Å². The number of ether oxygens (including phenoxy) is 2. The Kier molecular flexibility index (Phi) is 7.51. The van der Waals surface area contributed by atoms with Crippen molar-refractivity contribution in [2.24, 2.45) is 0 Å². The maximum atomic E-state index is 5.92. The Hall–Kier alpha value is -0.767. The van der Waals surface area contributed by atoms with Crippen molar-refractivity contribution >= 4 is 13.6 Å². The molecular formula is C17H18BrNO2Zn. The standard InChI is InChI=1S/C17H18NO2.BrH.Zn/c1-13-6-5-9-16(19-13)14-10-11-17(18-12-14)20-15-7-3-2-4-8-15;;/h2-5,7-8,10-13,16H,6,9H2,1H3;1H;/q-1;;+2/p-1/t13-,16-;;/m1../s1. The normalized spacial score (nSPS) is 20.7.